The standard InChI is InChI=1S/C51H71N5O8/c1-8-18-39(46(59)51(7)33-64-51)54-49(62)43(31-38-23-16-11-17-24-38)56-48(61)42(30-35(4)5)55-47(60)40(27-25-36-19-12-9-13-20-36)52-32-50(6,63)45(58)41(29-34(2)3)53-44(57)28-26-37-21-14-10-15-22-37/h9-17,19-24,34-35,39-43,52,63H,8,18,25-33H2,1-7H3,(H,53,57)(H,54,62)(H,55,60)(H,56,61)/t39?,40-,41?,42?,43-,50?,51?/m0/s1. The minimum Gasteiger partial charge on any atom is -0.381 e. The van der Waals surface area contributed by atoms with E-state index in [1.807, 2.05) is 126 Å². The summed E-state index contributed by atoms with van der Waals surface area (Å²) in [5, 5.41) is 26.4. The number of Topliss-reactive ketones (excluding diaryl/α,β-unsaturated/α-hetero) is 2. The third kappa shape index (κ3) is 16.7. The predicted octanol–water partition coefficient (Wildman–Crippen LogP) is 4.96. The topological polar surface area (TPSA) is 195 Å². The third-order valence-corrected chi connectivity index (χ3v) is 11.5. The Bertz CT molecular complexity index is 1970. The second kappa shape index (κ2) is 24.7. The van der Waals surface area contributed by atoms with Crippen LogP contribution in [0.15, 0.2) is 91.0 Å². The molecule has 1 aliphatic rings. The molecule has 0 saturated carbocycles. The van der Waals surface area contributed by atoms with E-state index >= 15 is 0 Å². The minimum atomic E-state index is -1.98. The number of nitrogens with one attached hydrogen (secondary N) is 5. The van der Waals surface area contributed by atoms with Crippen molar-refractivity contribution in [2.75, 3.05) is 13.2 Å². The van der Waals surface area contributed by atoms with Crippen LogP contribution in [0, 0.1) is 11.8 Å². The van der Waals surface area contributed by atoms with E-state index in [4.69, 9.17) is 4.74 Å². The quantitative estimate of drug-likeness (QED) is 0.0547. The molecule has 13 nitrogen and oxygen atoms in total. The maximum absolute atomic E-state index is 14.4. The van der Waals surface area contributed by atoms with E-state index in [9.17, 15) is 33.9 Å². The van der Waals surface area contributed by atoms with Crippen LogP contribution in [0.3, 0.4) is 0 Å². The van der Waals surface area contributed by atoms with Crippen molar-refractivity contribution in [1.29, 1.82) is 0 Å². The number of aliphatic hydroxyl groups is 1. The molecule has 0 aromatic heterocycles. The summed E-state index contributed by atoms with van der Waals surface area (Å²) in [7, 11) is 0. The summed E-state index contributed by atoms with van der Waals surface area (Å²) in [5.41, 5.74) is -0.178. The zero-order valence-electron chi connectivity index (χ0n) is 38.8. The van der Waals surface area contributed by atoms with Crippen molar-refractivity contribution in [2.24, 2.45) is 11.8 Å². The number of aryl methyl sites for hydroxylation is 2. The summed E-state index contributed by atoms with van der Waals surface area (Å²) in [6, 6.07) is 23.5. The fourth-order valence-corrected chi connectivity index (χ4v) is 7.69. The number of benzene rings is 3. The number of rotatable bonds is 28. The smallest absolute Gasteiger partial charge is 0.243 e. The highest BCUT2D eigenvalue weighted by molar-refractivity contribution is 5.99. The average molecular weight is 882 g/mol. The molecule has 1 fully saturated rings. The zero-order chi connectivity index (χ0) is 46.9. The molecule has 7 atom stereocenters. The van der Waals surface area contributed by atoms with Crippen LogP contribution in [0.5, 0.6) is 0 Å². The predicted molar refractivity (Wildman–Crippen MR) is 248 cm³/mol. The fraction of sp³-hybridized carbons (Fsp3) is 0.529. The van der Waals surface area contributed by atoms with Gasteiger partial charge in [0.25, 0.3) is 0 Å². The van der Waals surface area contributed by atoms with Crippen LogP contribution >= 0.6 is 0 Å². The van der Waals surface area contributed by atoms with E-state index in [0.29, 0.717) is 32.1 Å². The number of epoxide rings is 1. The van der Waals surface area contributed by atoms with Gasteiger partial charge in [-0.05, 0) is 80.9 Å². The largest absolute Gasteiger partial charge is 0.381 e. The lowest BCUT2D eigenvalue weighted by Crippen LogP contribution is -2.60. The lowest BCUT2D eigenvalue weighted by Gasteiger charge is -2.31. The minimum absolute atomic E-state index is 0.0278. The molecule has 1 aliphatic heterocycles. The summed E-state index contributed by atoms with van der Waals surface area (Å²) in [6.07, 6.45) is 3.13. The highest BCUT2D eigenvalue weighted by Crippen LogP contribution is 2.29. The molecule has 0 bridgehead atoms. The lowest BCUT2D eigenvalue weighted by atomic mass is 9.89. The van der Waals surface area contributed by atoms with Crippen molar-refractivity contribution in [3.8, 4) is 0 Å². The normalized spacial score (nSPS) is 17.8. The van der Waals surface area contributed by atoms with Crippen LogP contribution in [0.1, 0.15) is 104 Å². The molecule has 13 heteroatoms. The monoisotopic (exact) mass is 882 g/mol. The highest BCUT2D eigenvalue weighted by atomic mass is 16.6. The van der Waals surface area contributed by atoms with Gasteiger partial charge in [0.05, 0.1) is 24.7 Å². The van der Waals surface area contributed by atoms with Gasteiger partial charge in [0.15, 0.2) is 11.6 Å². The number of ether oxygens (including phenoxy) is 1. The van der Waals surface area contributed by atoms with Crippen molar-refractivity contribution in [3.05, 3.63) is 108 Å². The number of ketones is 2. The maximum atomic E-state index is 14.4. The Morgan fingerprint density at radius 2 is 1.11 bits per heavy atom. The molecule has 4 rings (SSSR count). The van der Waals surface area contributed by atoms with Gasteiger partial charge in [0, 0.05) is 19.4 Å². The number of amides is 4. The summed E-state index contributed by atoms with van der Waals surface area (Å²) < 4.78 is 5.40. The number of carbonyl (C=O) groups is 6. The third-order valence-electron chi connectivity index (χ3n) is 11.5. The van der Waals surface area contributed by atoms with Gasteiger partial charge in [-0.15, -0.1) is 0 Å². The molecular formula is C51H71N5O8. The molecule has 0 spiro atoms. The molecule has 4 amide bonds. The van der Waals surface area contributed by atoms with Crippen molar-refractivity contribution in [3.63, 3.8) is 0 Å². The van der Waals surface area contributed by atoms with Gasteiger partial charge < -0.3 is 36.4 Å². The van der Waals surface area contributed by atoms with Gasteiger partial charge in [-0.25, -0.2) is 0 Å². The highest BCUT2D eigenvalue weighted by Gasteiger charge is 2.50. The second-order valence-corrected chi connectivity index (χ2v) is 18.5. The first-order valence-corrected chi connectivity index (χ1v) is 22.9. The Labute approximate surface area is 379 Å². The molecule has 64 heavy (non-hydrogen) atoms. The van der Waals surface area contributed by atoms with Gasteiger partial charge in [-0.2, -0.15) is 0 Å². The zero-order valence-corrected chi connectivity index (χ0v) is 38.8. The van der Waals surface area contributed by atoms with Gasteiger partial charge >= 0.3 is 0 Å². The Morgan fingerprint density at radius 3 is 1.64 bits per heavy atom. The van der Waals surface area contributed by atoms with E-state index in [1.54, 1.807) is 6.92 Å². The van der Waals surface area contributed by atoms with E-state index < -0.39 is 64.9 Å². The van der Waals surface area contributed by atoms with E-state index in [0.717, 1.165) is 16.7 Å². The fourth-order valence-electron chi connectivity index (χ4n) is 7.69. The summed E-state index contributed by atoms with van der Waals surface area (Å²) in [6.45, 7) is 12.7. The molecule has 3 aromatic carbocycles. The van der Waals surface area contributed by atoms with Crippen LogP contribution in [-0.2, 0) is 52.8 Å². The van der Waals surface area contributed by atoms with E-state index in [1.165, 1.54) is 6.92 Å². The molecular weight excluding hydrogens is 811 g/mol. The van der Waals surface area contributed by atoms with Crippen LogP contribution < -0.4 is 26.6 Å². The molecule has 6 N–H and O–H groups in total. The van der Waals surface area contributed by atoms with Crippen LogP contribution in [-0.4, -0.2) is 94.9 Å². The summed E-state index contributed by atoms with van der Waals surface area (Å²) >= 11 is 0. The summed E-state index contributed by atoms with van der Waals surface area (Å²) in [5.74, 6) is -2.74. The van der Waals surface area contributed by atoms with Gasteiger partial charge in [0.2, 0.25) is 23.6 Å². The first-order chi connectivity index (χ1) is 30.4. The lowest BCUT2D eigenvalue weighted by molar-refractivity contribution is -0.140. The Kier molecular flexibility index (Phi) is 19.9. The van der Waals surface area contributed by atoms with E-state index in [-0.39, 0.29) is 62.4 Å². The Balaban J connectivity index is 1.52. The summed E-state index contributed by atoms with van der Waals surface area (Å²) in [4.78, 5) is 83.1. The van der Waals surface area contributed by atoms with Crippen molar-refractivity contribution >= 4 is 35.2 Å². The average Bonchev–Trinajstić information content (AvgIpc) is 4.02. The first-order valence-electron chi connectivity index (χ1n) is 22.9. The van der Waals surface area contributed by atoms with Crippen molar-refractivity contribution < 1.29 is 38.6 Å². The van der Waals surface area contributed by atoms with Gasteiger partial charge in [-0.3, -0.25) is 28.8 Å². The maximum Gasteiger partial charge on any atom is 0.243 e. The first kappa shape index (κ1) is 51.4. The van der Waals surface area contributed by atoms with Crippen LogP contribution in [0.2, 0.25) is 0 Å². The van der Waals surface area contributed by atoms with Crippen LogP contribution in [0.25, 0.3) is 0 Å². The Hall–Kier alpha value is -5.24. The number of carbonyl (C=O) groups excluding carboxylic acids is 6. The molecule has 3 aromatic rings. The number of hydrogen-bond acceptors (Lipinski definition) is 9. The molecule has 348 valence electrons. The van der Waals surface area contributed by atoms with Crippen LogP contribution in [0.4, 0.5) is 0 Å². The SMILES string of the molecule is CCCC(NC(=O)[C@H](Cc1ccccc1)NC(=O)C(CC(C)C)NC(=O)[C@H](CCc1ccccc1)NCC(C)(O)C(=O)C(CC(C)C)NC(=O)CCc1ccccc1)C(=O)C1(C)CO1. The van der Waals surface area contributed by atoms with Gasteiger partial charge in [-0.1, -0.05) is 132 Å². The number of hydrogen-bond donors (Lipinski definition) is 6. The van der Waals surface area contributed by atoms with Gasteiger partial charge in [0.1, 0.15) is 23.3 Å². The van der Waals surface area contributed by atoms with Crippen molar-refractivity contribution in [2.45, 2.75) is 148 Å². The molecule has 1 heterocycles. The van der Waals surface area contributed by atoms with E-state index in [2.05, 4.69) is 26.6 Å². The Morgan fingerprint density at radius 1 is 0.641 bits per heavy atom. The van der Waals surface area contributed by atoms with Crippen molar-refractivity contribution in [1.82, 2.24) is 26.6 Å². The molecule has 0 aliphatic carbocycles. The molecule has 1 saturated heterocycles. The molecule has 0 radical (unpaired) electrons. The molecule has 5 unspecified atom stereocenters. The second-order valence-electron chi connectivity index (χ2n) is 18.5.